The van der Waals surface area contributed by atoms with Gasteiger partial charge in [-0.05, 0) is 30.2 Å². The van der Waals surface area contributed by atoms with E-state index in [1.54, 1.807) is 0 Å². The number of imidazole rings is 1. The van der Waals surface area contributed by atoms with Gasteiger partial charge in [0, 0.05) is 24.2 Å². The Morgan fingerprint density at radius 2 is 0.847 bits per heavy atom. The van der Waals surface area contributed by atoms with Gasteiger partial charge in [-0.15, -0.1) is 0 Å². The van der Waals surface area contributed by atoms with E-state index in [0.717, 1.165) is 137 Å². The van der Waals surface area contributed by atoms with Gasteiger partial charge >= 0.3 is 436 Å². The number of hydrogen-bond donors (Lipinski definition) is 0. The van der Waals surface area contributed by atoms with E-state index in [1.807, 2.05) is 48.9 Å². The van der Waals surface area contributed by atoms with Crippen molar-refractivity contribution in [2.45, 2.75) is 6.92 Å². The van der Waals surface area contributed by atoms with E-state index in [9.17, 15) is 0 Å². The van der Waals surface area contributed by atoms with Crippen molar-refractivity contribution >= 4 is 32.8 Å². The molecule has 85 heavy (non-hydrogen) atoms. The summed E-state index contributed by atoms with van der Waals surface area (Å²) in [5, 5.41) is 2.17. The van der Waals surface area contributed by atoms with Crippen LogP contribution in [-0.4, -0.2) is 23.7 Å². The first-order valence-electron chi connectivity index (χ1n) is 28.3. The van der Waals surface area contributed by atoms with E-state index in [2.05, 4.69) is 300 Å². The van der Waals surface area contributed by atoms with Gasteiger partial charge in [-0.3, -0.25) is 4.98 Å². The van der Waals surface area contributed by atoms with Crippen LogP contribution in [0.15, 0.2) is 292 Å². The zero-order chi connectivity index (χ0) is 56.8. The fourth-order valence-corrected chi connectivity index (χ4v) is 13.0. The second kappa shape index (κ2) is 22.0. The molecule has 6 nitrogen and oxygen atoms in total. The molecule has 0 amide bonds. The minimum atomic E-state index is 0.560. The van der Waals surface area contributed by atoms with Crippen molar-refractivity contribution in [3.05, 3.63) is 313 Å². The third-order valence-corrected chi connectivity index (χ3v) is 17.0. The number of nitrogens with zero attached hydrogens (tertiary/aromatic N) is 5. The Balaban J connectivity index is 0.907. The van der Waals surface area contributed by atoms with Crippen molar-refractivity contribution in [1.29, 1.82) is 0 Å². The summed E-state index contributed by atoms with van der Waals surface area (Å²) in [5.41, 5.74) is 22.6. The molecule has 11 aromatic carbocycles. The van der Waals surface area contributed by atoms with Crippen LogP contribution in [0.5, 0.6) is 11.5 Å². The summed E-state index contributed by atoms with van der Waals surface area (Å²) in [6.45, 7) is 2.13. The minimum absolute atomic E-state index is 0.560. The van der Waals surface area contributed by atoms with Crippen LogP contribution in [0.1, 0.15) is 5.56 Å². The smallest absolute Gasteiger partial charge is 0.265 e. The Labute approximate surface area is 503 Å². The van der Waals surface area contributed by atoms with Gasteiger partial charge in [0.15, 0.2) is 0 Å². The Morgan fingerprint density at radius 1 is 0.365 bits per heavy atom. The summed E-state index contributed by atoms with van der Waals surface area (Å²) in [4.78, 5) is 9.29. The van der Waals surface area contributed by atoms with Gasteiger partial charge < -0.3 is 0 Å². The van der Waals surface area contributed by atoms with Crippen LogP contribution < -0.4 is 4.74 Å². The van der Waals surface area contributed by atoms with Gasteiger partial charge in [0.05, 0.1) is 0 Å². The third-order valence-electron chi connectivity index (χ3n) is 16.0. The van der Waals surface area contributed by atoms with E-state index < -0.39 is 0 Å². The van der Waals surface area contributed by atoms with Crippen LogP contribution in [0, 0.1) is 22.9 Å². The third kappa shape index (κ3) is 9.63. The summed E-state index contributed by atoms with van der Waals surface area (Å²) in [6.07, 6.45) is 5.58. The number of aromatic nitrogens is 5. The first-order valence-corrected chi connectivity index (χ1v) is 29.5. The topological polar surface area (TPSA) is 49.8 Å². The van der Waals surface area contributed by atoms with Gasteiger partial charge in [0.2, 0.25) is 0 Å². The minimum Gasteiger partial charge on any atom is -0.265 e. The molecule has 0 aliphatic heterocycles. The number of rotatable bonds is 12. The van der Waals surface area contributed by atoms with E-state index in [4.69, 9.17) is 9.72 Å². The second-order valence-electron chi connectivity index (χ2n) is 21.2. The van der Waals surface area contributed by atoms with Gasteiger partial charge in [-0.1, -0.05) is 12.1 Å². The normalized spacial score (nSPS) is 11.4. The van der Waals surface area contributed by atoms with Crippen LogP contribution in [0.25, 0.3) is 128 Å². The molecule has 15 aromatic rings. The van der Waals surface area contributed by atoms with Gasteiger partial charge in [-0.2, -0.15) is 0 Å². The molecule has 4 heterocycles. The van der Waals surface area contributed by atoms with Crippen LogP contribution >= 0.6 is 0 Å². The molecule has 0 fully saturated rings. The number of para-hydroxylation sites is 4. The Bertz CT molecular complexity index is 4790. The van der Waals surface area contributed by atoms with Crippen molar-refractivity contribution in [3.63, 3.8) is 0 Å². The molecule has 15 rings (SSSR count). The molecule has 406 valence electrons. The summed E-state index contributed by atoms with van der Waals surface area (Å²) < 4.78 is 14.7. The quantitative estimate of drug-likeness (QED) is 0.115. The molecule has 0 aliphatic carbocycles. The predicted octanol–water partition coefficient (Wildman–Crippen LogP) is 19.8. The molecule has 0 N–H and O–H groups in total. The Morgan fingerprint density at radius 3 is 1.40 bits per heavy atom. The summed E-state index contributed by atoms with van der Waals surface area (Å²) in [6, 6.07) is 105. The summed E-state index contributed by atoms with van der Waals surface area (Å²) in [5.74, 6) is 1.93. The Hall–Kier alpha value is -10.5. The van der Waals surface area contributed by atoms with E-state index in [1.165, 1.54) is 0 Å². The Kier molecular flexibility index (Phi) is 13.3. The molecule has 0 radical (unpaired) electrons. The molecule has 0 bridgehead atoms. The number of benzene rings is 11. The maximum atomic E-state index is 6.85. The average Bonchev–Trinajstić information content (AvgIpc) is 2.29. The van der Waals surface area contributed by atoms with E-state index in [0.29, 0.717) is 11.5 Å². The van der Waals surface area contributed by atoms with Crippen molar-refractivity contribution in [1.82, 2.24) is 23.7 Å². The van der Waals surface area contributed by atoms with E-state index >= 15 is 0 Å². The van der Waals surface area contributed by atoms with Crippen molar-refractivity contribution < 1.29 is 24.1 Å². The molecule has 0 saturated heterocycles. The van der Waals surface area contributed by atoms with Crippen LogP contribution in [0.3, 0.4) is 0 Å². The van der Waals surface area contributed by atoms with Gasteiger partial charge in [-0.25, -0.2) is 0 Å². The van der Waals surface area contributed by atoms with Crippen LogP contribution in [0.4, 0.5) is 0 Å². The van der Waals surface area contributed by atoms with Gasteiger partial charge in [0.25, 0.3) is 0 Å². The standard InChI is InChI=1S/C78H51N5O.Pt/c1-53-42-77(80-51-72(53)58-38-40-79-41-39-58)83-73-33-15-14-30-70(73)71-37-36-67(50-76(71)83)84-66-29-18-28-65(49-66)81-52-82(75-35-17-16-34-74(75)81)78-68(63-45-59(54-20-6-2-7-21-54)43-60(46-63)55-22-8-3-9-23-55)31-19-32-69(78)64-47-61(56-24-10-4-11-25-56)44-62(48-64)57-26-12-5-13-27-57;/h2-48,51H,1H3;/q-2;. The number of fused-ring (bicyclic) bond motifs is 4. The molecule has 7 heteroatoms. The maximum absolute atomic E-state index is 6.85. The van der Waals surface area contributed by atoms with Gasteiger partial charge in [0.1, 0.15) is 0 Å². The second-order valence-corrected chi connectivity index (χ2v) is 22.2. The fourth-order valence-electron chi connectivity index (χ4n) is 12.0. The molecule has 0 atom stereocenters. The molecule has 0 aliphatic rings. The SMILES string of the molecule is Cc1cc(-n2c3[c-]c(Oc4[c-]c(-n5[c](=[Pt])n(-c6c(-c7cc(-c8ccccc8)cc(-c8ccccc8)c7)cccc6-c6cc(-c7ccccc7)cc(-c7ccccc7)c6)c6ccccc65)ccc4)ccc3c3ccccc32)ncc1-c1ccncc1. The number of aryl methyl sites for hydroxylation is 1. The summed E-state index contributed by atoms with van der Waals surface area (Å²) in [7, 11) is 0. The fraction of sp³-hybridized carbons (Fsp3) is 0.0128. The zero-order valence-electron chi connectivity index (χ0n) is 46.2. The van der Waals surface area contributed by atoms with Crippen molar-refractivity contribution in [2.24, 2.45) is 0 Å². The predicted molar refractivity (Wildman–Crippen MR) is 343 cm³/mol. The average molecular weight is 1270 g/mol. The molecule has 4 aromatic heterocycles. The monoisotopic (exact) mass is 1270 g/mol. The molecular formula is C78H51N5OPt-2. The summed E-state index contributed by atoms with van der Waals surface area (Å²) >= 11 is 2.53. The van der Waals surface area contributed by atoms with Crippen molar-refractivity contribution in [2.75, 3.05) is 0 Å². The molecule has 0 saturated carbocycles. The molecule has 0 unspecified atom stereocenters. The first-order chi connectivity index (χ1) is 42.0. The molecule has 0 spiro atoms. The first kappa shape index (κ1) is 51.4. The number of hydrogen-bond acceptors (Lipinski definition) is 3. The van der Waals surface area contributed by atoms with Crippen molar-refractivity contribution in [3.8, 4) is 107 Å². The zero-order valence-corrected chi connectivity index (χ0v) is 48.4. The number of ether oxygens (including phenoxy) is 1. The van der Waals surface area contributed by atoms with Crippen LogP contribution in [-0.2, 0) is 19.4 Å². The number of pyridine rings is 2. The van der Waals surface area contributed by atoms with Crippen LogP contribution in [0.2, 0.25) is 0 Å². The van der Waals surface area contributed by atoms with E-state index in [-0.39, 0.29) is 0 Å². The molecular weight excluding hydrogens is 1220 g/mol.